The van der Waals surface area contributed by atoms with Crippen molar-refractivity contribution in [2.75, 3.05) is 13.1 Å². The second-order valence-corrected chi connectivity index (χ2v) is 4.52. The SMILES string of the molecule is CC(C)c1ccc(C(=O)NCC(F)(F)CN)cc1. The molecule has 5 heteroatoms. The lowest BCUT2D eigenvalue weighted by Crippen LogP contribution is -2.41. The summed E-state index contributed by atoms with van der Waals surface area (Å²) in [5.74, 6) is -3.21. The maximum Gasteiger partial charge on any atom is 0.277 e. The molecule has 0 unspecified atom stereocenters. The summed E-state index contributed by atoms with van der Waals surface area (Å²) in [6.07, 6.45) is 0. The lowest BCUT2D eigenvalue weighted by molar-refractivity contribution is 0.0118. The van der Waals surface area contributed by atoms with Crippen molar-refractivity contribution in [2.24, 2.45) is 5.73 Å². The molecule has 0 aliphatic rings. The van der Waals surface area contributed by atoms with Crippen LogP contribution in [0, 0.1) is 0 Å². The van der Waals surface area contributed by atoms with Gasteiger partial charge >= 0.3 is 0 Å². The average molecular weight is 256 g/mol. The third-order valence-corrected chi connectivity index (χ3v) is 2.65. The van der Waals surface area contributed by atoms with Gasteiger partial charge in [-0.3, -0.25) is 4.79 Å². The van der Waals surface area contributed by atoms with E-state index in [1.807, 2.05) is 26.0 Å². The summed E-state index contributed by atoms with van der Waals surface area (Å²) < 4.78 is 25.7. The highest BCUT2D eigenvalue weighted by molar-refractivity contribution is 5.94. The van der Waals surface area contributed by atoms with E-state index in [9.17, 15) is 13.6 Å². The Morgan fingerprint density at radius 3 is 2.33 bits per heavy atom. The number of nitrogens with one attached hydrogen (secondary N) is 1. The Morgan fingerprint density at radius 1 is 1.33 bits per heavy atom. The van der Waals surface area contributed by atoms with E-state index < -0.39 is 24.9 Å². The first kappa shape index (κ1) is 14.6. The Hall–Kier alpha value is -1.49. The van der Waals surface area contributed by atoms with E-state index in [4.69, 9.17) is 5.73 Å². The van der Waals surface area contributed by atoms with Crippen LogP contribution in [-0.2, 0) is 0 Å². The molecular weight excluding hydrogens is 238 g/mol. The van der Waals surface area contributed by atoms with Gasteiger partial charge in [0.15, 0.2) is 0 Å². The van der Waals surface area contributed by atoms with E-state index >= 15 is 0 Å². The van der Waals surface area contributed by atoms with Crippen molar-refractivity contribution in [1.29, 1.82) is 0 Å². The van der Waals surface area contributed by atoms with Crippen LogP contribution in [0.15, 0.2) is 24.3 Å². The van der Waals surface area contributed by atoms with Gasteiger partial charge in [-0.25, -0.2) is 8.78 Å². The summed E-state index contributed by atoms with van der Waals surface area (Å²) in [4.78, 5) is 11.6. The van der Waals surface area contributed by atoms with Gasteiger partial charge in [0.2, 0.25) is 0 Å². The molecule has 1 aromatic rings. The van der Waals surface area contributed by atoms with Crippen LogP contribution in [0.1, 0.15) is 35.7 Å². The van der Waals surface area contributed by atoms with Crippen LogP contribution < -0.4 is 11.1 Å². The molecule has 0 saturated carbocycles. The number of amides is 1. The quantitative estimate of drug-likeness (QED) is 0.848. The zero-order valence-electron chi connectivity index (χ0n) is 10.5. The molecule has 0 aliphatic carbocycles. The van der Waals surface area contributed by atoms with Crippen molar-refractivity contribution < 1.29 is 13.6 Å². The molecule has 1 amide bonds. The van der Waals surface area contributed by atoms with Gasteiger partial charge in [0.1, 0.15) is 0 Å². The number of hydrogen-bond acceptors (Lipinski definition) is 2. The first-order valence-corrected chi connectivity index (χ1v) is 5.82. The second kappa shape index (κ2) is 5.91. The molecule has 18 heavy (non-hydrogen) atoms. The molecule has 0 radical (unpaired) electrons. The number of benzene rings is 1. The first-order valence-electron chi connectivity index (χ1n) is 5.82. The number of alkyl halides is 2. The Morgan fingerprint density at radius 2 is 1.89 bits per heavy atom. The van der Waals surface area contributed by atoms with Gasteiger partial charge in [-0.05, 0) is 23.6 Å². The van der Waals surface area contributed by atoms with Gasteiger partial charge in [-0.15, -0.1) is 0 Å². The minimum Gasteiger partial charge on any atom is -0.346 e. The second-order valence-electron chi connectivity index (χ2n) is 4.52. The van der Waals surface area contributed by atoms with Gasteiger partial charge in [-0.2, -0.15) is 0 Å². The lowest BCUT2D eigenvalue weighted by atomic mass is 10.0. The standard InChI is InChI=1S/C13H18F2N2O/c1-9(2)10-3-5-11(6-4-10)12(18)17-8-13(14,15)7-16/h3-6,9H,7-8,16H2,1-2H3,(H,17,18). The highest BCUT2D eigenvalue weighted by atomic mass is 19.3. The smallest absolute Gasteiger partial charge is 0.277 e. The molecule has 3 nitrogen and oxygen atoms in total. The van der Waals surface area contributed by atoms with E-state index in [1.54, 1.807) is 12.1 Å². The molecule has 1 rings (SSSR count). The number of rotatable bonds is 5. The van der Waals surface area contributed by atoms with Crippen molar-refractivity contribution in [2.45, 2.75) is 25.7 Å². The molecule has 1 aromatic carbocycles. The topological polar surface area (TPSA) is 55.1 Å². The Labute approximate surface area is 105 Å². The minimum atomic E-state index is -3.06. The Bertz CT molecular complexity index is 402. The number of carbonyl (C=O) groups excluding carboxylic acids is 1. The predicted molar refractivity (Wildman–Crippen MR) is 66.9 cm³/mol. The van der Waals surface area contributed by atoms with Crippen molar-refractivity contribution in [3.63, 3.8) is 0 Å². The third kappa shape index (κ3) is 4.07. The number of carbonyl (C=O) groups is 1. The molecule has 0 aromatic heterocycles. The summed E-state index contributed by atoms with van der Waals surface area (Å²) in [5, 5.41) is 2.17. The fraction of sp³-hybridized carbons (Fsp3) is 0.462. The van der Waals surface area contributed by atoms with Crippen LogP contribution in [0.25, 0.3) is 0 Å². The molecule has 0 spiro atoms. The van der Waals surface area contributed by atoms with Gasteiger partial charge in [-0.1, -0.05) is 26.0 Å². The van der Waals surface area contributed by atoms with Crippen molar-refractivity contribution in [3.05, 3.63) is 35.4 Å². The van der Waals surface area contributed by atoms with E-state index in [1.165, 1.54) is 0 Å². The normalized spacial score (nSPS) is 11.7. The fourth-order valence-electron chi connectivity index (χ4n) is 1.40. The van der Waals surface area contributed by atoms with E-state index in [2.05, 4.69) is 5.32 Å². The molecule has 0 saturated heterocycles. The lowest BCUT2D eigenvalue weighted by Gasteiger charge is -2.14. The van der Waals surface area contributed by atoms with Gasteiger partial charge in [0.25, 0.3) is 11.8 Å². The van der Waals surface area contributed by atoms with Gasteiger partial charge in [0, 0.05) is 5.56 Å². The summed E-state index contributed by atoms with van der Waals surface area (Å²) in [7, 11) is 0. The zero-order chi connectivity index (χ0) is 13.8. The largest absolute Gasteiger partial charge is 0.346 e. The fourth-order valence-corrected chi connectivity index (χ4v) is 1.40. The highest BCUT2D eigenvalue weighted by Gasteiger charge is 2.27. The van der Waals surface area contributed by atoms with Crippen LogP contribution in [0.4, 0.5) is 8.78 Å². The maximum atomic E-state index is 12.9. The number of halogens is 2. The summed E-state index contributed by atoms with van der Waals surface area (Å²) in [6, 6.07) is 6.90. The molecule has 100 valence electrons. The van der Waals surface area contributed by atoms with Gasteiger partial charge in [0.05, 0.1) is 13.1 Å². The Kier molecular flexibility index (Phi) is 4.78. The van der Waals surface area contributed by atoms with Crippen LogP contribution in [0.5, 0.6) is 0 Å². The van der Waals surface area contributed by atoms with Gasteiger partial charge < -0.3 is 11.1 Å². The van der Waals surface area contributed by atoms with Crippen LogP contribution in [0.3, 0.4) is 0 Å². The van der Waals surface area contributed by atoms with Crippen LogP contribution in [-0.4, -0.2) is 24.9 Å². The summed E-state index contributed by atoms with van der Waals surface area (Å²) in [5.41, 5.74) is 6.35. The summed E-state index contributed by atoms with van der Waals surface area (Å²) in [6.45, 7) is 2.56. The third-order valence-electron chi connectivity index (χ3n) is 2.65. The van der Waals surface area contributed by atoms with Crippen molar-refractivity contribution in [1.82, 2.24) is 5.32 Å². The van der Waals surface area contributed by atoms with Crippen molar-refractivity contribution >= 4 is 5.91 Å². The number of hydrogen-bond donors (Lipinski definition) is 2. The average Bonchev–Trinajstić information content (AvgIpc) is 2.36. The minimum absolute atomic E-state index is 0.365. The Balaban J connectivity index is 2.62. The maximum absolute atomic E-state index is 12.9. The van der Waals surface area contributed by atoms with E-state index in [-0.39, 0.29) is 0 Å². The predicted octanol–water partition coefficient (Wildman–Crippen LogP) is 2.13. The van der Waals surface area contributed by atoms with E-state index in [0.29, 0.717) is 11.5 Å². The molecule has 0 atom stereocenters. The van der Waals surface area contributed by atoms with Crippen molar-refractivity contribution in [3.8, 4) is 0 Å². The molecule has 0 aliphatic heterocycles. The summed E-state index contributed by atoms with van der Waals surface area (Å²) >= 11 is 0. The number of nitrogens with two attached hydrogens (primary N) is 1. The highest BCUT2D eigenvalue weighted by Crippen LogP contribution is 2.15. The molecule has 0 heterocycles. The van der Waals surface area contributed by atoms with E-state index in [0.717, 1.165) is 5.56 Å². The van der Waals surface area contributed by atoms with Crippen LogP contribution in [0.2, 0.25) is 0 Å². The molecule has 0 bridgehead atoms. The monoisotopic (exact) mass is 256 g/mol. The zero-order valence-corrected chi connectivity index (χ0v) is 10.5. The molecule has 0 fully saturated rings. The molecular formula is C13H18F2N2O. The first-order chi connectivity index (χ1) is 8.35. The molecule has 3 N–H and O–H groups in total. The van der Waals surface area contributed by atoms with Crippen LogP contribution >= 0.6 is 0 Å².